The molecule has 0 bridgehead atoms. The summed E-state index contributed by atoms with van der Waals surface area (Å²) in [5, 5.41) is 0. The van der Waals surface area contributed by atoms with E-state index in [4.69, 9.17) is 22.7 Å². The van der Waals surface area contributed by atoms with Gasteiger partial charge in [-0.1, -0.05) is 29.9 Å². The van der Waals surface area contributed by atoms with Crippen LogP contribution >= 0.6 is 12.2 Å². The highest BCUT2D eigenvalue weighted by atomic mass is 32.1. The second-order valence-electron chi connectivity index (χ2n) is 5.14. The van der Waals surface area contributed by atoms with Gasteiger partial charge >= 0.3 is 0 Å². The van der Waals surface area contributed by atoms with E-state index in [1.165, 1.54) is 5.56 Å². The maximum atomic E-state index is 12.2. The maximum absolute atomic E-state index is 12.2. The van der Waals surface area contributed by atoms with E-state index in [2.05, 4.69) is 0 Å². The monoisotopic (exact) mass is 292 g/mol. The van der Waals surface area contributed by atoms with Crippen LogP contribution in [0.3, 0.4) is 0 Å². The van der Waals surface area contributed by atoms with Crippen molar-refractivity contribution in [2.45, 2.75) is 32.2 Å². The molecular formula is C15H20N2O2S. The molecule has 0 unspecified atom stereocenters. The van der Waals surface area contributed by atoms with E-state index >= 15 is 0 Å². The smallest absolute Gasteiger partial charge is 0.260 e. The van der Waals surface area contributed by atoms with Gasteiger partial charge in [-0.15, -0.1) is 0 Å². The Morgan fingerprint density at radius 2 is 2.05 bits per heavy atom. The summed E-state index contributed by atoms with van der Waals surface area (Å²) in [6.45, 7) is 2.67. The van der Waals surface area contributed by atoms with E-state index in [9.17, 15) is 4.79 Å². The van der Waals surface area contributed by atoms with Gasteiger partial charge in [0.15, 0.2) is 6.61 Å². The van der Waals surface area contributed by atoms with Gasteiger partial charge in [0.1, 0.15) is 5.75 Å². The fraction of sp³-hybridized carbons (Fsp3) is 0.467. The second-order valence-corrected chi connectivity index (χ2v) is 5.66. The number of thiocarbonyl (C=S) groups is 1. The quantitative estimate of drug-likeness (QED) is 0.781. The summed E-state index contributed by atoms with van der Waals surface area (Å²) in [6.07, 6.45) is 2.70. The van der Waals surface area contributed by atoms with Crippen molar-refractivity contribution in [3.63, 3.8) is 0 Å². The fourth-order valence-electron chi connectivity index (χ4n) is 1.99. The lowest BCUT2D eigenvalue weighted by molar-refractivity contribution is -0.133. The summed E-state index contributed by atoms with van der Waals surface area (Å²) in [5.41, 5.74) is 6.67. The average molecular weight is 292 g/mol. The number of hydrogen-bond donors (Lipinski definition) is 1. The van der Waals surface area contributed by atoms with E-state index in [1.54, 1.807) is 0 Å². The molecule has 1 aromatic carbocycles. The van der Waals surface area contributed by atoms with Crippen LogP contribution in [0.15, 0.2) is 24.3 Å². The molecule has 1 amide bonds. The number of hydrogen-bond acceptors (Lipinski definition) is 3. The summed E-state index contributed by atoms with van der Waals surface area (Å²) in [5.74, 6) is 0.721. The molecule has 0 aromatic heterocycles. The lowest BCUT2D eigenvalue weighted by Gasteiger charge is -2.22. The van der Waals surface area contributed by atoms with Crippen LogP contribution in [0.5, 0.6) is 5.75 Å². The van der Waals surface area contributed by atoms with Crippen molar-refractivity contribution in [1.82, 2.24) is 4.90 Å². The first-order chi connectivity index (χ1) is 9.56. The summed E-state index contributed by atoms with van der Waals surface area (Å²) in [4.78, 5) is 14.5. The van der Waals surface area contributed by atoms with Crippen LogP contribution in [0.4, 0.5) is 0 Å². The fourth-order valence-corrected chi connectivity index (χ4v) is 2.08. The van der Waals surface area contributed by atoms with Crippen molar-refractivity contribution in [3.8, 4) is 5.75 Å². The molecule has 0 radical (unpaired) electrons. The number of benzene rings is 1. The topological polar surface area (TPSA) is 55.6 Å². The van der Waals surface area contributed by atoms with Gasteiger partial charge in [-0.3, -0.25) is 4.79 Å². The Hall–Kier alpha value is -1.62. The first kappa shape index (κ1) is 14.8. The standard InChI is InChI=1S/C15H20N2O2S/c1-11-2-6-13(7-3-11)19-10-15(18)17(12-4-5-12)9-8-14(16)20/h2-3,6-7,12H,4-5,8-10H2,1H3,(H2,16,20). The minimum atomic E-state index is 0.00400. The molecule has 108 valence electrons. The minimum Gasteiger partial charge on any atom is -0.484 e. The van der Waals surface area contributed by atoms with Gasteiger partial charge < -0.3 is 15.4 Å². The number of nitrogens with zero attached hydrogens (tertiary/aromatic N) is 1. The summed E-state index contributed by atoms with van der Waals surface area (Å²) in [6, 6.07) is 8.02. The van der Waals surface area contributed by atoms with E-state index < -0.39 is 0 Å². The number of nitrogens with two attached hydrogens (primary N) is 1. The summed E-state index contributed by atoms with van der Waals surface area (Å²) in [7, 11) is 0. The van der Waals surface area contributed by atoms with Crippen molar-refractivity contribution in [2.24, 2.45) is 5.73 Å². The normalized spacial score (nSPS) is 13.8. The molecule has 1 fully saturated rings. The van der Waals surface area contributed by atoms with Gasteiger partial charge in [0.2, 0.25) is 0 Å². The molecule has 20 heavy (non-hydrogen) atoms. The van der Waals surface area contributed by atoms with E-state index in [1.807, 2.05) is 36.1 Å². The minimum absolute atomic E-state index is 0.00400. The Morgan fingerprint density at radius 1 is 1.40 bits per heavy atom. The molecule has 0 saturated heterocycles. The molecule has 5 heteroatoms. The van der Waals surface area contributed by atoms with Gasteiger partial charge in [0, 0.05) is 19.0 Å². The summed E-state index contributed by atoms with van der Waals surface area (Å²) >= 11 is 4.87. The van der Waals surface area contributed by atoms with Crippen LogP contribution < -0.4 is 10.5 Å². The third-order valence-electron chi connectivity index (χ3n) is 3.29. The molecular weight excluding hydrogens is 272 g/mol. The van der Waals surface area contributed by atoms with Crippen LogP contribution in [0, 0.1) is 6.92 Å². The third-order valence-corrected chi connectivity index (χ3v) is 3.49. The van der Waals surface area contributed by atoms with Crippen molar-refractivity contribution in [1.29, 1.82) is 0 Å². The number of amides is 1. The van der Waals surface area contributed by atoms with Crippen LogP contribution in [0.1, 0.15) is 24.8 Å². The molecule has 2 rings (SSSR count). The van der Waals surface area contributed by atoms with Gasteiger partial charge in [-0.2, -0.15) is 0 Å². The molecule has 0 atom stereocenters. The Bertz CT molecular complexity index is 483. The first-order valence-electron chi connectivity index (χ1n) is 6.83. The molecule has 1 aromatic rings. The number of rotatable bonds is 7. The lowest BCUT2D eigenvalue weighted by Crippen LogP contribution is -2.38. The second kappa shape index (κ2) is 6.70. The molecule has 4 nitrogen and oxygen atoms in total. The number of carbonyl (C=O) groups excluding carboxylic acids is 1. The highest BCUT2D eigenvalue weighted by molar-refractivity contribution is 7.80. The van der Waals surface area contributed by atoms with E-state index in [0.29, 0.717) is 29.7 Å². The Kier molecular flexibility index (Phi) is 4.95. The predicted octanol–water partition coefficient (Wildman–Crippen LogP) is 2.04. The highest BCUT2D eigenvalue weighted by Crippen LogP contribution is 2.27. The molecule has 0 heterocycles. The predicted molar refractivity (Wildman–Crippen MR) is 82.8 cm³/mol. The van der Waals surface area contributed by atoms with Gasteiger partial charge in [-0.25, -0.2) is 0 Å². The third kappa shape index (κ3) is 4.49. The molecule has 1 aliphatic carbocycles. The van der Waals surface area contributed by atoms with Crippen LogP contribution in [0.2, 0.25) is 0 Å². The Labute approximate surface area is 124 Å². The van der Waals surface area contributed by atoms with Crippen LogP contribution in [-0.4, -0.2) is 35.0 Å². The van der Waals surface area contributed by atoms with E-state index in [0.717, 1.165) is 12.8 Å². The Balaban J connectivity index is 1.85. The largest absolute Gasteiger partial charge is 0.484 e. The molecule has 1 saturated carbocycles. The first-order valence-corrected chi connectivity index (χ1v) is 7.24. The average Bonchev–Trinajstić information content (AvgIpc) is 3.22. The highest BCUT2D eigenvalue weighted by Gasteiger charge is 2.32. The zero-order valence-corrected chi connectivity index (χ0v) is 12.5. The zero-order chi connectivity index (χ0) is 14.5. The SMILES string of the molecule is Cc1ccc(OCC(=O)N(CCC(N)=S)C2CC2)cc1. The van der Waals surface area contributed by atoms with Crippen molar-refractivity contribution in [2.75, 3.05) is 13.2 Å². The maximum Gasteiger partial charge on any atom is 0.260 e. The molecule has 0 spiro atoms. The van der Waals surface area contributed by atoms with Crippen LogP contribution in [0.25, 0.3) is 0 Å². The Morgan fingerprint density at radius 3 is 2.60 bits per heavy atom. The number of aryl methyl sites for hydroxylation is 1. The van der Waals surface area contributed by atoms with Gasteiger partial charge in [0.05, 0.1) is 4.99 Å². The van der Waals surface area contributed by atoms with Gasteiger partial charge in [0.25, 0.3) is 5.91 Å². The van der Waals surface area contributed by atoms with Crippen molar-refractivity contribution < 1.29 is 9.53 Å². The molecule has 1 aliphatic rings. The number of carbonyl (C=O) groups is 1. The zero-order valence-electron chi connectivity index (χ0n) is 11.7. The van der Waals surface area contributed by atoms with E-state index in [-0.39, 0.29) is 12.5 Å². The van der Waals surface area contributed by atoms with Crippen molar-refractivity contribution >= 4 is 23.1 Å². The molecule has 0 aliphatic heterocycles. The van der Waals surface area contributed by atoms with Gasteiger partial charge in [-0.05, 0) is 31.9 Å². The summed E-state index contributed by atoms with van der Waals surface area (Å²) < 4.78 is 5.53. The number of ether oxygens (including phenoxy) is 1. The molecule has 2 N–H and O–H groups in total. The van der Waals surface area contributed by atoms with Crippen molar-refractivity contribution in [3.05, 3.63) is 29.8 Å². The van der Waals surface area contributed by atoms with Crippen LogP contribution in [-0.2, 0) is 4.79 Å². The lowest BCUT2D eigenvalue weighted by atomic mass is 10.2.